The number of benzene rings is 3. The van der Waals surface area contributed by atoms with Gasteiger partial charge in [0.25, 0.3) is 11.5 Å². The van der Waals surface area contributed by atoms with Gasteiger partial charge in [-0.2, -0.15) is 5.26 Å². The molecule has 0 aliphatic carbocycles. The molecule has 1 aromatic heterocycles. The van der Waals surface area contributed by atoms with Gasteiger partial charge >= 0.3 is 0 Å². The quantitative estimate of drug-likeness (QED) is 0.420. The summed E-state index contributed by atoms with van der Waals surface area (Å²) in [6.45, 7) is 2.42. The van der Waals surface area contributed by atoms with Crippen molar-refractivity contribution in [3.05, 3.63) is 116 Å². The number of para-hydroxylation sites is 1. The molecule has 0 unspecified atom stereocenters. The highest BCUT2D eigenvalue weighted by atomic mass is 32.1. The van der Waals surface area contributed by atoms with Gasteiger partial charge in [-0.15, -0.1) is 11.3 Å². The molecule has 0 aliphatic heterocycles. The van der Waals surface area contributed by atoms with Gasteiger partial charge in [0, 0.05) is 5.69 Å². The lowest BCUT2D eigenvalue weighted by Crippen LogP contribution is -2.32. The first-order valence-electron chi connectivity index (χ1n) is 11.3. The number of ether oxygens (including phenoxy) is 1. The second-order valence-corrected chi connectivity index (χ2v) is 8.61. The normalized spacial score (nSPS) is 12.3. The zero-order chi connectivity index (χ0) is 25.3. The summed E-state index contributed by atoms with van der Waals surface area (Å²) < 4.78 is 7.50. The predicted octanol–water partition coefficient (Wildman–Crippen LogP) is 4.10. The summed E-state index contributed by atoms with van der Waals surface area (Å²) in [7, 11) is 0. The lowest BCUT2D eigenvalue weighted by atomic mass is 10.2. The van der Waals surface area contributed by atoms with E-state index in [0.29, 0.717) is 28.3 Å². The minimum absolute atomic E-state index is 0.151. The molecule has 1 amide bonds. The molecule has 0 spiro atoms. The third-order valence-electron chi connectivity index (χ3n) is 5.15. The van der Waals surface area contributed by atoms with Gasteiger partial charge in [-0.25, -0.2) is 0 Å². The molecule has 178 valence electrons. The topological polar surface area (TPSA) is 84.1 Å². The number of nitrogens with one attached hydrogen (secondary N) is 1. The van der Waals surface area contributed by atoms with Gasteiger partial charge < -0.3 is 10.1 Å². The molecule has 0 bridgehead atoms. The molecule has 0 aliphatic rings. The Labute approximate surface area is 212 Å². The summed E-state index contributed by atoms with van der Waals surface area (Å²) >= 11 is 1.10. The molecule has 0 radical (unpaired) electrons. The van der Waals surface area contributed by atoms with Crippen molar-refractivity contribution in [3.8, 4) is 17.5 Å². The zero-order valence-corrected chi connectivity index (χ0v) is 20.4. The fourth-order valence-electron chi connectivity index (χ4n) is 3.48. The van der Waals surface area contributed by atoms with Crippen LogP contribution in [-0.4, -0.2) is 17.1 Å². The number of thiazole rings is 1. The number of amides is 1. The van der Waals surface area contributed by atoms with Crippen molar-refractivity contribution >= 4 is 40.7 Å². The van der Waals surface area contributed by atoms with Crippen LogP contribution in [0.3, 0.4) is 0 Å². The molecule has 0 fully saturated rings. The van der Waals surface area contributed by atoms with E-state index in [-0.39, 0.29) is 15.8 Å². The summed E-state index contributed by atoms with van der Waals surface area (Å²) in [5.41, 5.74) is 1.62. The second kappa shape index (κ2) is 11.6. The Morgan fingerprint density at radius 1 is 1.03 bits per heavy atom. The van der Waals surface area contributed by atoms with E-state index >= 15 is 0 Å². The van der Waals surface area contributed by atoms with Crippen LogP contribution in [0.5, 0.6) is 5.75 Å². The summed E-state index contributed by atoms with van der Waals surface area (Å²) in [4.78, 5) is 26.5. The van der Waals surface area contributed by atoms with Crippen molar-refractivity contribution in [2.75, 3.05) is 11.9 Å². The molecular formula is C29H23N3O3S. The molecule has 1 N–H and O–H groups in total. The van der Waals surface area contributed by atoms with E-state index in [0.717, 1.165) is 16.9 Å². The third-order valence-corrected chi connectivity index (χ3v) is 6.26. The minimum Gasteiger partial charge on any atom is -0.494 e. The number of rotatable bonds is 7. The van der Waals surface area contributed by atoms with Gasteiger partial charge in [-0.3, -0.25) is 14.2 Å². The van der Waals surface area contributed by atoms with Crippen LogP contribution in [0.25, 0.3) is 23.4 Å². The van der Waals surface area contributed by atoms with E-state index in [1.54, 1.807) is 60.7 Å². The standard InChI is InChI=1S/C29H23N3O3S/c1-2-35-24-18-16-22(17-19-24)31-27(33)25(20-30)29-32(23-13-7-4-8-14-23)28(34)26(36-29)15-9-12-21-10-5-3-6-11-21/h3-19H,2H2,1H3,(H,31,33)/b12-9+,26-15+,29-25+. The predicted molar refractivity (Wildman–Crippen MR) is 144 cm³/mol. The first-order chi connectivity index (χ1) is 17.6. The average Bonchev–Trinajstić information content (AvgIpc) is 3.22. The number of hydrogen-bond acceptors (Lipinski definition) is 5. The van der Waals surface area contributed by atoms with Crippen molar-refractivity contribution in [2.24, 2.45) is 0 Å². The first kappa shape index (κ1) is 24.5. The third kappa shape index (κ3) is 5.69. The zero-order valence-electron chi connectivity index (χ0n) is 19.5. The van der Waals surface area contributed by atoms with Crippen molar-refractivity contribution in [1.29, 1.82) is 5.26 Å². The van der Waals surface area contributed by atoms with Gasteiger partial charge in [0.05, 0.1) is 16.8 Å². The minimum atomic E-state index is -0.598. The Morgan fingerprint density at radius 3 is 2.33 bits per heavy atom. The molecule has 0 atom stereocenters. The number of nitriles is 1. The van der Waals surface area contributed by atoms with Crippen LogP contribution in [-0.2, 0) is 4.79 Å². The van der Waals surface area contributed by atoms with Gasteiger partial charge in [0.1, 0.15) is 16.5 Å². The highest BCUT2D eigenvalue weighted by molar-refractivity contribution is 7.07. The Balaban J connectivity index is 1.80. The fourth-order valence-corrected chi connectivity index (χ4v) is 4.53. The summed E-state index contributed by atoms with van der Waals surface area (Å²) in [5.74, 6) is 0.0823. The van der Waals surface area contributed by atoms with Crippen LogP contribution < -0.4 is 24.8 Å². The Kier molecular flexibility index (Phi) is 7.91. The summed E-state index contributed by atoms with van der Waals surface area (Å²) in [6, 6.07) is 27.6. The Bertz CT molecular complexity index is 1590. The van der Waals surface area contributed by atoms with Crippen molar-refractivity contribution in [3.63, 3.8) is 0 Å². The van der Waals surface area contributed by atoms with Gasteiger partial charge in [0.15, 0.2) is 5.57 Å². The van der Waals surface area contributed by atoms with Crippen LogP contribution >= 0.6 is 11.3 Å². The molecule has 6 nitrogen and oxygen atoms in total. The van der Waals surface area contributed by atoms with Crippen molar-refractivity contribution in [2.45, 2.75) is 6.92 Å². The number of carbonyl (C=O) groups excluding carboxylic acids is 1. The molecule has 0 saturated heterocycles. The van der Waals surface area contributed by atoms with Gasteiger partial charge in [-0.05, 0) is 55.0 Å². The van der Waals surface area contributed by atoms with Gasteiger partial charge in [0.2, 0.25) is 0 Å². The van der Waals surface area contributed by atoms with E-state index in [1.807, 2.05) is 55.5 Å². The Hall–Kier alpha value is -4.67. The van der Waals surface area contributed by atoms with Crippen LogP contribution in [0.2, 0.25) is 0 Å². The van der Waals surface area contributed by atoms with Crippen molar-refractivity contribution < 1.29 is 9.53 Å². The first-order valence-corrected chi connectivity index (χ1v) is 12.1. The lowest BCUT2D eigenvalue weighted by Gasteiger charge is -2.07. The number of carbonyl (C=O) groups is 1. The van der Waals surface area contributed by atoms with Crippen LogP contribution in [0, 0.1) is 11.3 Å². The molecular weight excluding hydrogens is 470 g/mol. The number of allylic oxidation sites excluding steroid dienone is 1. The lowest BCUT2D eigenvalue weighted by molar-refractivity contribution is -0.111. The second-order valence-electron chi connectivity index (χ2n) is 7.58. The highest BCUT2D eigenvalue weighted by Crippen LogP contribution is 2.16. The maximum atomic E-state index is 13.4. The van der Waals surface area contributed by atoms with Gasteiger partial charge in [-0.1, -0.05) is 60.7 Å². The fraction of sp³-hybridized carbons (Fsp3) is 0.0690. The van der Waals surface area contributed by atoms with E-state index in [2.05, 4.69) is 5.32 Å². The number of hydrogen-bond donors (Lipinski definition) is 1. The molecule has 0 saturated carbocycles. The summed E-state index contributed by atoms with van der Waals surface area (Å²) in [5, 5.41) is 12.7. The van der Waals surface area contributed by atoms with Crippen molar-refractivity contribution in [1.82, 2.24) is 4.57 Å². The smallest absolute Gasteiger partial charge is 0.273 e. The Morgan fingerprint density at radius 2 is 1.69 bits per heavy atom. The van der Waals surface area contributed by atoms with Crippen LogP contribution in [0.4, 0.5) is 5.69 Å². The SMILES string of the molecule is CCOc1ccc(NC(=O)/C(C#N)=c2/s/c(=C/C=C/c3ccccc3)c(=O)n2-c2ccccc2)cc1. The maximum Gasteiger partial charge on any atom is 0.273 e. The maximum absolute atomic E-state index is 13.4. The van der Waals surface area contributed by atoms with E-state index in [1.165, 1.54) is 4.57 Å². The molecule has 1 heterocycles. The monoisotopic (exact) mass is 493 g/mol. The van der Waals surface area contributed by atoms with E-state index < -0.39 is 5.91 Å². The highest BCUT2D eigenvalue weighted by Gasteiger charge is 2.17. The largest absolute Gasteiger partial charge is 0.494 e. The van der Waals surface area contributed by atoms with E-state index in [4.69, 9.17) is 4.74 Å². The number of anilines is 1. The average molecular weight is 494 g/mol. The molecule has 7 heteroatoms. The van der Waals surface area contributed by atoms with Crippen LogP contribution in [0.1, 0.15) is 12.5 Å². The molecule has 3 aromatic carbocycles. The number of aromatic nitrogens is 1. The molecule has 36 heavy (non-hydrogen) atoms. The van der Waals surface area contributed by atoms with E-state index in [9.17, 15) is 14.9 Å². The molecule has 4 rings (SSSR count). The van der Waals surface area contributed by atoms with Crippen LogP contribution in [0.15, 0.2) is 95.8 Å². The number of nitrogens with zero attached hydrogens (tertiary/aromatic N) is 2. The molecule has 4 aromatic rings. The summed E-state index contributed by atoms with van der Waals surface area (Å²) in [6.07, 6.45) is 5.37.